The summed E-state index contributed by atoms with van der Waals surface area (Å²) in [5.74, 6) is -0.180. The number of methoxy groups -OCH3 is 3. The van der Waals surface area contributed by atoms with Gasteiger partial charge in [-0.1, -0.05) is 12.1 Å². The first-order chi connectivity index (χ1) is 20.2. The van der Waals surface area contributed by atoms with Crippen LogP contribution in [-0.4, -0.2) is 58.9 Å². The minimum atomic E-state index is -0.722. The summed E-state index contributed by atoms with van der Waals surface area (Å²) in [7, 11) is 4.68. The Balaban J connectivity index is 1.80. The van der Waals surface area contributed by atoms with Crippen LogP contribution in [0.5, 0.6) is 23.0 Å². The molecule has 1 heterocycles. The van der Waals surface area contributed by atoms with Gasteiger partial charge in [-0.25, -0.2) is 4.79 Å². The monoisotopic (exact) mass is 579 g/mol. The van der Waals surface area contributed by atoms with Crippen LogP contribution in [0.4, 0.5) is 0 Å². The molecule has 2 aliphatic rings. The quantitative estimate of drug-likeness (QED) is 0.230. The molecule has 4 rings (SSSR count). The van der Waals surface area contributed by atoms with Gasteiger partial charge in [-0.2, -0.15) is 0 Å². The zero-order valence-electron chi connectivity index (χ0n) is 24.8. The fraction of sp³-hybridized carbons (Fsp3) is 0.406. The highest BCUT2D eigenvalue weighted by Crippen LogP contribution is 2.47. The molecule has 1 aliphatic carbocycles. The maximum absolute atomic E-state index is 14.0. The van der Waals surface area contributed by atoms with Crippen molar-refractivity contribution in [2.45, 2.75) is 45.4 Å². The van der Waals surface area contributed by atoms with Gasteiger partial charge in [-0.15, -0.1) is 0 Å². The molecule has 0 amide bonds. The highest BCUT2D eigenvalue weighted by Gasteiger charge is 2.42. The zero-order chi connectivity index (χ0) is 30.4. The van der Waals surface area contributed by atoms with Crippen LogP contribution >= 0.6 is 0 Å². The van der Waals surface area contributed by atoms with Crippen LogP contribution in [0, 0.1) is 0 Å². The Kier molecular flexibility index (Phi) is 9.90. The number of Topliss-reactive ketones (excluding diaryl/α,β-unsaturated/α-hetero) is 1. The highest BCUT2D eigenvalue weighted by atomic mass is 16.6. The molecule has 2 atom stereocenters. The van der Waals surface area contributed by atoms with Gasteiger partial charge in [0.1, 0.15) is 6.61 Å². The molecule has 2 aromatic rings. The van der Waals surface area contributed by atoms with E-state index in [0.29, 0.717) is 52.7 Å². The third-order valence-corrected chi connectivity index (χ3v) is 7.30. The van der Waals surface area contributed by atoms with Crippen LogP contribution in [-0.2, 0) is 23.9 Å². The molecule has 0 aromatic heterocycles. The van der Waals surface area contributed by atoms with Crippen LogP contribution in [0.15, 0.2) is 58.9 Å². The number of rotatable bonds is 11. The van der Waals surface area contributed by atoms with Gasteiger partial charge in [-0.3, -0.25) is 9.59 Å². The first-order valence-corrected chi connectivity index (χ1v) is 13.8. The zero-order valence-corrected chi connectivity index (χ0v) is 24.8. The molecule has 224 valence electrons. The summed E-state index contributed by atoms with van der Waals surface area (Å²) in [5.41, 5.74) is 3.73. The first kappa shape index (κ1) is 30.6. The molecule has 10 nitrogen and oxygen atoms in total. The first-order valence-electron chi connectivity index (χ1n) is 13.8. The molecular weight excluding hydrogens is 542 g/mol. The third kappa shape index (κ3) is 6.44. The molecule has 0 unspecified atom stereocenters. The number of allylic oxidation sites excluding steroid dienone is 3. The number of carbonyl (C=O) groups is 3. The summed E-state index contributed by atoms with van der Waals surface area (Å²) in [5, 5.41) is 3.35. The molecule has 0 bridgehead atoms. The number of ketones is 1. The molecule has 0 radical (unpaired) electrons. The number of nitrogens with one attached hydrogen (secondary N) is 1. The lowest BCUT2D eigenvalue weighted by Crippen LogP contribution is -2.36. The Morgan fingerprint density at radius 2 is 1.60 bits per heavy atom. The van der Waals surface area contributed by atoms with E-state index in [2.05, 4.69) is 5.32 Å². The molecule has 10 heteroatoms. The van der Waals surface area contributed by atoms with Gasteiger partial charge >= 0.3 is 11.9 Å². The van der Waals surface area contributed by atoms with Crippen molar-refractivity contribution < 1.29 is 42.8 Å². The smallest absolute Gasteiger partial charge is 0.336 e. The standard InChI is InChI=1S/C32H37NO9/c1-7-40-28-17-21(9-11-26(28)42-19(3)34)30-29(32(36)41-13-12-37-4)18(2)33-23-14-22(15-24(35)31(23)30)20-8-10-25(38-5)27(16-20)39-6/h8-11,16-17,22,30,33H,7,12-15H2,1-6H3/t22-,30+/m0/s1. The van der Waals surface area contributed by atoms with E-state index in [1.165, 1.54) is 14.0 Å². The van der Waals surface area contributed by atoms with E-state index in [0.717, 1.165) is 11.3 Å². The summed E-state index contributed by atoms with van der Waals surface area (Å²) in [6.45, 7) is 5.55. The maximum atomic E-state index is 14.0. The van der Waals surface area contributed by atoms with Gasteiger partial charge in [0.25, 0.3) is 0 Å². The van der Waals surface area contributed by atoms with Crippen molar-refractivity contribution in [3.8, 4) is 23.0 Å². The van der Waals surface area contributed by atoms with Gasteiger partial charge in [-0.05, 0) is 61.6 Å². The second-order valence-electron chi connectivity index (χ2n) is 9.99. The van der Waals surface area contributed by atoms with E-state index in [4.69, 9.17) is 28.4 Å². The van der Waals surface area contributed by atoms with Crippen molar-refractivity contribution in [3.63, 3.8) is 0 Å². The van der Waals surface area contributed by atoms with Gasteiger partial charge in [0.15, 0.2) is 28.8 Å². The number of hydrogen-bond donors (Lipinski definition) is 1. The Labute approximate surface area is 245 Å². The van der Waals surface area contributed by atoms with Crippen LogP contribution in [0.25, 0.3) is 0 Å². The average Bonchev–Trinajstić information content (AvgIpc) is 2.96. The molecule has 0 fully saturated rings. The Hall–Kier alpha value is -4.31. The lowest BCUT2D eigenvalue weighted by Gasteiger charge is -2.37. The van der Waals surface area contributed by atoms with Crippen LogP contribution in [0.2, 0.25) is 0 Å². The molecular formula is C32H37NO9. The maximum Gasteiger partial charge on any atom is 0.336 e. The highest BCUT2D eigenvalue weighted by molar-refractivity contribution is 6.04. The molecule has 2 aromatic carbocycles. The van der Waals surface area contributed by atoms with Crippen molar-refractivity contribution in [3.05, 3.63) is 70.1 Å². The minimum Gasteiger partial charge on any atom is -0.493 e. The molecule has 0 spiro atoms. The van der Waals surface area contributed by atoms with Gasteiger partial charge in [0.2, 0.25) is 0 Å². The lowest BCUT2D eigenvalue weighted by atomic mass is 9.71. The third-order valence-electron chi connectivity index (χ3n) is 7.30. The Bertz CT molecular complexity index is 1430. The number of benzene rings is 2. The van der Waals surface area contributed by atoms with Crippen molar-refractivity contribution in [2.75, 3.05) is 41.2 Å². The minimum absolute atomic E-state index is 0.0651. The molecule has 1 N–H and O–H groups in total. The predicted molar refractivity (Wildman–Crippen MR) is 154 cm³/mol. The van der Waals surface area contributed by atoms with Crippen molar-refractivity contribution in [1.29, 1.82) is 0 Å². The number of carbonyl (C=O) groups excluding carboxylic acids is 3. The van der Waals surface area contributed by atoms with E-state index in [1.807, 2.05) is 25.1 Å². The van der Waals surface area contributed by atoms with Crippen molar-refractivity contribution in [1.82, 2.24) is 5.32 Å². The predicted octanol–water partition coefficient (Wildman–Crippen LogP) is 4.58. The molecule has 0 saturated heterocycles. The summed E-state index contributed by atoms with van der Waals surface area (Å²) < 4.78 is 32.6. The van der Waals surface area contributed by atoms with E-state index >= 15 is 0 Å². The Morgan fingerprint density at radius 3 is 2.26 bits per heavy atom. The lowest BCUT2D eigenvalue weighted by molar-refractivity contribution is -0.140. The fourth-order valence-electron chi connectivity index (χ4n) is 5.49. The second-order valence-corrected chi connectivity index (χ2v) is 9.99. The van der Waals surface area contributed by atoms with Crippen LogP contribution in [0.1, 0.15) is 56.6 Å². The van der Waals surface area contributed by atoms with Gasteiger partial charge in [0, 0.05) is 43.3 Å². The van der Waals surface area contributed by atoms with Crippen LogP contribution in [0.3, 0.4) is 0 Å². The van der Waals surface area contributed by atoms with E-state index < -0.39 is 17.9 Å². The van der Waals surface area contributed by atoms with E-state index in [-0.39, 0.29) is 37.1 Å². The summed E-state index contributed by atoms with van der Waals surface area (Å²) >= 11 is 0. The normalized spacial score (nSPS) is 18.2. The number of hydrogen-bond acceptors (Lipinski definition) is 10. The van der Waals surface area contributed by atoms with E-state index in [1.54, 1.807) is 39.3 Å². The Morgan fingerprint density at radius 1 is 0.905 bits per heavy atom. The fourth-order valence-corrected chi connectivity index (χ4v) is 5.49. The SMILES string of the molecule is CCOc1cc([C@@H]2C(C(=O)OCCOC)=C(C)NC3=C2C(=O)C[C@@H](c2ccc(OC)c(OC)c2)C3)ccc1OC(C)=O. The number of esters is 2. The average molecular weight is 580 g/mol. The van der Waals surface area contributed by atoms with Crippen LogP contribution < -0.4 is 24.3 Å². The number of dihydropyridines is 1. The molecule has 1 aliphatic heterocycles. The van der Waals surface area contributed by atoms with Gasteiger partial charge in [0.05, 0.1) is 33.0 Å². The van der Waals surface area contributed by atoms with Crippen molar-refractivity contribution >= 4 is 17.7 Å². The number of ether oxygens (including phenoxy) is 6. The van der Waals surface area contributed by atoms with Gasteiger partial charge < -0.3 is 33.7 Å². The summed E-state index contributed by atoms with van der Waals surface area (Å²) in [4.78, 5) is 39.1. The largest absolute Gasteiger partial charge is 0.493 e. The molecule has 0 saturated carbocycles. The summed E-state index contributed by atoms with van der Waals surface area (Å²) in [6, 6.07) is 10.7. The molecule has 42 heavy (non-hydrogen) atoms. The summed E-state index contributed by atoms with van der Waals surface area (Å²) in [6.07, 6.45) is 0.779. The second kappa shape index (κ2) is 13.6. The topological polar surface area (TPSA) is 119 Å². The van der Waals surface area contributed by atoms with E-state index in [9.17, 15) is 14.4 Å². The van der Waals surface area contributed by atoms with Crippen molar-refractivity contribution in [2.24, 2.45) is 0 Å².